The van der Waals surface area contributed by atoms with Gasteiger partial charge in [-0.05, 0) is 107 Å². The molecule has 1 unspecified atom stereocenters. The molecule has 1 aromatic heterocycles. The zero-order valence-corrected chi connectivity index (χ0v) is 48.9. The Balaban J connectivity index is 0.818. The lowest BCUT2D eigenvalue weighted by atomic mass is 9.83. The highest BCUT2D eigenvalue weighted by Crippen LogP contribution is 2.45. The minimum absolute atomic E-state index is 0.0440. The van der Waals surface area contributed by atoms with Crippen LogP contribution in [0.4, 0.5) is 18.9 Å². The normalized spacial score (nSPS) is 31.2. The number of likely N-dealkylation sites (tertiary alicyclic amines) is 1. The maximum Gasteiger partial charge on any atom is 0.406 e. The second kappa shape index (κ2) is 22.9. The molecule has 11 aliphatic rings. The van der Waals surface area contributed by atoms with Gasteiger partial charge in [-0.2, -0.15) is 13.2 Å². The molecule has 22 heteroatoms. The molecule has 8 atom stereocenters. The molecule has 3 saturated carbocycles. The molecule has 0 radical (unpaired) electrons. The zero-order valence-electron chi connectivity index (χ0n) is 48.9. The number of ether oxygens (including phenoxy) is 4. The lowest BCUT2D eigenvalue weighted by Crippen LogP contribution is -2.73. The number of benzene rings is 1. The number of morpholine rings is 2. The average Bonchev–Trinajstić information content (AvgIpc) is 2.82. The number of piperazine rings is 1. The lowest BCUT2D eigenvalue weighted by Gasteiger charge is -2.55. The fraction of sp³-hybridized carbons (Fsp3) is 0.754. The predicted molar refractivity (Wildman–Crippen MR) is 305 cm³/mol. The van der Waals surface area contributed by atoms with Crippen molar-refractivity contribution in [2.45, 2.75) is 177 Å². The van der Waals surface area contributed by atoms with Crippen LogP contribution >= 0.6 is 0 Å². The minimum Gasteiger partial charge on any atom is -0.464 e. The van der Waals surface area contributed by atoms with Crippen LogP contribution in [0.2, 0.25) is 0 Å². The lowest BCUT2D eigenvalue weighted by molar-refractivity contribution is -0.197. The van der Waals surface area contributed by atoms with Crippen LogP contribution in [-0.2, 0) is 51.1 Å². The molecule has 83 heavy (non-hydrogen) atoms. The summed E-state index contributed by atoms with van der Waals surface area (Å²) >= 11 is 0. The van der Waals surface area contributed by atoms with E-state index in [1.165, 1.54) is 35.3 Å². The van der Waals surface area contributed by atoms with Crippen molar-refractivity contribution >= 4 is 52.1 Å². The van der Waals surface area contributed by atoms with Gasteiger partial charge in [0.2, 0.25) is 11.8 Å². The molecule has 8 aliphatic heterocycles. The van der Waals surface area contributed by atoms with E-state index in [0.717, 1.165) is 68.7 Å². The van der Waals surface area contributed by atoms with E-state index in [1.54, 1.807) is 13.2 Å². The van der Waals surface area contributed by atoms with Gasteiger partial charge in [0.05, 0.1) is 62.6 Å². The van der Waals surface area contributed by atoms with E-state index in [2.05, 4.69) is 35.7 Å². The topological polar surface area (TPSA) is 188 Å². The maximum atomic E-state index is 15.3. The van der Waals surface area contributed by atoms with Crippen LogP contribution < -0.4 is 21.0 Å². The highest BCUT2D eigenvalue weighted by Gasteiger charge is 2.58. The second-order valence-electron chi connectivity index (χ2n) is 27.0. The van der Waals surface area contributed by atoms with E-state index in [9.17, 15) is 9.59 Å². The molecule has 1 spiro atoms. The molecule has 3 N–H and O–H groups in total. The summed E-state index contributed by atoms with van der Waals surface area (Å²) in [7, 11) is 1.60. The number of nitrogens with one attached hydrogen (secondary N) is 3. The van der Waals surface area contributed by atoms with E-state index in [0.29, 0.717) is 113 Å². The highest BCUT2D eigenvalue weighted by atomic mass is 19.4. The van der Waals surface area contributed by atoms with Crippen LogP contribution in [0, 0.1) is 17.3 Å². The zero-order chi connectivity index (χ0) is 57.5. The van der Waals surface area contributed by atoms with Gasteiger partial charge in [-0.1, -0.05) is 26.7 Å². The molecular weight excluding hydrogens is 1070 g/mol. The van der Waals surface area contributed by atoms with E-state index in [4.69, 9.17) is 23.9 Å². The Kier molecular flexibility index (Phi) is 15.8. The third kappa shape index (κ3) is 12.1. The molecule has 19 nitrogen and oxygen atoms in total. The van der Waals surface area contributed by atoms with Crippen LogP contribution in [0.3, 0.4) is 0 Å². The Hall–Kier alpha value is -4.68. The maximum absolute atomic E-state index is 15.3. The Morgan fingerprint density at radius 2 is 1.70 bits per heavy atom. The Morgan fingerprint density at radius 1 is 0.928 bits per heavy atom. The monoisotopic (exact) mass is 1160 g/mol. The number of alkyl halides is 3. The Morgan fingerprint density at radius 3 is 2.43 bits per heavy atom. The number of amides is 3. The number of anilines is 1. The average molecular weight is 1160 g/mol. The molecular formula is C61H86F3N11O8. The summed E-state index contributed by atoms with van der Waals surface area (Å²) in [5.41, 5.74) is 5.60. The van der Waals surface area contributed by atoms with Crippen LogP contribution in [0.15, 0.2) is 28.9 Å². The quantitative estimate of drug-likeness (QED) is 0.199. The van der Waals surface area contributed by atoms with Crippen molar-refractivity contribution in [2.75, 3.05) is 104 Å². The van der Waals surface area contributed by atoms with Crippen molar-refractivity contribution in [3.63, 3.8) is 0 Å². The van der Waals surface area contributed by atoms with Crippen LogP contribution in [0.25, 0.3) is 16.5 Å². The summed E-state index contributed by atoms with van der Waals surface area (Å²) in [6.45, 7) is 12.0. The molecule has 3 aliphatic carbocycles. The molecule has 9 heterocycles. The molecule has 1 aromatic carbocycles. The Labute approximate surface area is 485 Å². The van der Waals surface area contributed by atoms with Gasteiger partial charge in [-0.3, -0.25) is 49.2 Å². The number of carbonyl (C=O) groups excluding carboxylic acids is 4. The number of carbonyl (C=O) groups is 4. The van der Waals surface area contributed by atoms with E-state index < -0.39 is 60.0 Å². The molecule has 3 amide bonds. The van der Waals surface area contributed by atoms with Crippen molar-refractivity contribution in [1.29, 1.82) is 0 Å². The number of hydrogen-bond acceptors (Lipinski definition) is 15. The van der Waals surface area contributed by atoms with E-state index >= 15 is 22.8 Å². The van der Waals surface area contributed by atoms with Gasteiger partial charge in [0.25, 0.3) is 5.91 Å². The third-order valence-corrected chi connectivity index (χ3v) is 20.2. The first kappa shape index (κ1) is 57.4. The van der Waals surface area contributed by atoms with Crippen molar-refractivity contribution < 1.29 is 51.3 Å². The SMILES string of the molecule is CO[C@@H](C)C1=C(c2c3c4cc(ccc4n2CC(F)(F)F)N2CCO[C@@H](C[C@H](NC(=O)[C@H](C4CCCC4)N4CCOC5(CN(C(=O)[C@@H]6N[C@@H]6C6CC6)C5)C4)C(=O)N4CCC[C@H](N4)C(=O)OCC(C)(C)C3)C2)CC(N2CCN(C3CC3)CC2)C=N1. The first-order valence-corrected chi connectivity index (χ1v) is 31.2. The smallest absolute Gasteiger partial charge is 0.406 e. The number of hydrazine groups is 1. The van der Waals surface area contributed by atoms with Crippen LogP contribution in [0.5, 0.6) is 0 Å². The molecule has 6 bridgehead atoms. The van der Waals surface area contributed by atoms with E-state index in [-0.39, 0.29) is 61.2 Å². The first-order chi connectivity index (χ1) is 39.9. The van der Waals surface area contributed by atoms with Gasteiger partial charge in [0.1, 0.15) is 30.3 Å². The third-order valence-electron chi connectivity index (χ3n) is 20.2. The Bertz CT molecular complexity index is 2850. The summed E-state index contributed by atoms with van der Waals surface area (Å²) in [6.07, 6.45) is 6.66. The molecule has 6 saturated heterocycles. The van der Waals surface area contributed by atoms with Gasteiger partial charge in [0.15, 0.2) is 0 Å². The number of aliphatic imine (C=N–C) groups is 1. The molecule has 9 fully saturated rings. The predicted octanol–water partition coefficient (Wildman–Crippen LogP) is 4.50. The van der Waals surface area contributed by atoms with Gasteiger partial charge < -0.3 is 38.6 Å². The summed E-state index contributed by atoms with van der Waals surface area (Å²) in [5.74, 6) is -0.350. The summed E-state index contributed by atoms with van der Waals surface area (Å²) in [5, 5.41) is 8.83. The van der Waals surface area contributed by atoms with Crippen molar-refractivity contribution in [3.05, 3.63) is 35.2 Å². The van der Waals surface area contributed by atoms with Gasteiger partial charge >= 0.3 is 12.1 Å². The van der Waals surface area contributed by atoms with Crippen molar-refractivity contribution in [3.8, 4) is 0 Å². The van der Waals surface area contributed by atoms with Crippen molar-refractivity contribution in [2.24, 2.45) is 22.2 Å². The minimum atomic E-state index is -4.58. The highest BCUT2D eigenvalue weighted by molar-refractivity contribution is 5.95. The van der Waals surface area contributed by atoms with Gasteiger partial charge in [0, 0.05) is 124 Å². The first-order valence-electron chi connectivity index (χ1n) is 31.2. The van der Waals surface area contributed by atoms with Crippen molar-refractivity contribution in [1.82, 2.24) is 45.2 Å². The summed E-state index contributed by atoms with van der Waals surface area (Å²) in [4.78, 5) is 74.6. The number of aromatic nitrogens is 1. The fourth-order valence-corrected chi connectivity index (χ4v) is 15.4. The van der Waals surface area contributed by atoms with E-state index in [1.807, 2.05) is 44.0 Å². The standard InChI is InChI=1S/C61H86F3N11O8/c1-37(80-4)50-45(27-42(30-65-50)70-20-18-69(19-21-70)40-13-14-40)54-46-29-59(2,3)36-82-58(79)47-10-7-17-75(68-47)56(77)48(28-43-31-71(22-24-81-43)41-15-16-49(44(46)26-41)74(54)35-61(62,63)64)66-55(76)53(39-8-5-6-9-39)72-23-25-83-60(32-72)33-73(34-60)57(78)52-51(67-52)38-11-12-38/h15-16,26,30,37-40,42-43,47-48,51-53,67-68H,5-14,17-25,27-29,31-36H2,1-4H3,(H,66,76)/t37-,42?,43-,47-,48-,51+,52+,53-/m0/s1. The number of halogens is 3. The number of methoxy groups -OCH3 is 1. The molecule has 2 aromatic rings. The second-order valence-corrected chi connectivity index (χ2v) is 27.0. The van der Waals surface area contributed by atoms with Crippen LogP contribution in [-0.4, -0.2) is 224 Å². The molecule has 454 valence electrons. The fourth-order valence-electron chi connectivity index (χ4n) is 15.4. The van der Waals surface area contributed by atoms with Gasteiger partial charge in [-0.15, -0.1) is 0 Å². The molecule has 13 rings (SSSR count). The number of hydrogen-bond donors (Lipinski definition) is 3. The van der Waals surface area contributed by atoms with Gasteiger partial charge in [-0.25, -0.2) is 5.43 Å². The number of cyclic esters (lactones) is 1. The number of rotatable bonds is 12. The summed E-state index contributed by atoms with van der Waals surface area (Å²) < 4.78 is 72.4. The van der Waals surface area contributed by atoms with Crippen LogP contribution in [0.1, 0.15) is 109 Å². The number of fused-ring (bicyclic) bond motifs is 6. The number of nitrogens with zero attached hydrogens (tertiary/aromatic N) is 8. The largest absolute Gasteiger partial charge is 0.464 e. The summed E-state index contributed by atoms with van der Waals surface area (Å²) in [6, 6.07) is 3.95. The number of esters is 1.